The van der Waals surface area contributed by atoms with Crippen molar-refractivity contribution in [1.82, 2.24) is 4.90 Å². The third kappa shape index (κ3) is 4.10. The molecular weight excluding hydrogens is 282 g/mol. The van der Waals surface area contributed by atoms with Gasteiger partial charge < -0.3 is 9.47 Å². The Kier molecular flexibility index (Phi) is 4.54. The second kappa shape index (κ2) is 6.22. The summed E-state index contributed by atoms with van der Waals surface area (Å²) in [6, 6.07) is 5.85. The van der Waals surface area contributed by atoms with Crippen molar-refractivity contribution in [3.63, 3.8) is 0 Å². The molecule has 0 N–H and O–H groups in total. The molecule has 0 saturated heterocycles. The van der Waals surface area contributed by atoms with Crippen molar-refractivity contribution in [3.05, 3.63) is 41.0 Å². The summed E-state index contributed by atoms with van der Waals surface area (Å²) in [5.41, 5.74) is 2.56. The number of carbonyl (C=O) groups is 2. The highest BCUT2D eigenvalue weighted by Gasteiger charge is 2.27. The minimum absolute atomic E-state index is 0.310. The minimum atomic E-state index is -0.500. The molecule has 1 amide bonds. The summed E-state index contributed by atoms with van der Waals surface area (Å²) >= 11 is 0. The highest BCUT2D eigenvalue weighted by atomic mass is 16.6. The van der Waals surface area contributed by atoms with Crippen LogP contribution in [0.4, 0.5) is 4.79 Å². The van der Waals surface area contributed by atoms with Gasteiger partial charge in [-0.3, -0.25) is 4.90 Å². The van der Waals surface area contributed by atoms with E-state index >= 15 is 0 Å². The third-order valence-electron chi connectivity index (χ3n) is 3.22. The molecule has 1 aromatic carbocycles. The van der Waals surface area contributed by atoms with E-state index in [1.165, 1.54) is 13.2 Å². The summed E-state index contributed by atoms with van der Waals surface area (Å²) < 4.78 is 9.95. The Bertz CT molecular complexity index is 614. The van der Waals surface area contributed by atoms with Crippen LogP contribution in [0.1, 0.15) is 37.5 Å². The zero-order chi connectivity index (χ0) is 16.3. The van der Waals surface area contributed by atoms with Crippen LogP contribution in [0.15, 0.2) is 24.3 Å². The number of hydrogen-bond donors (Lipinski definition) is 0. The highest BCUT2D eigenvalue weighted by molar-refractivity contribution is 5.87. The van der Waals surface area contributed by atoms with Gasteiger partial charge in [-0.2, -0.15) is 0 Å². The Hall–Kier alpha value is -2.30. The van der Waals surface area contributed by atoms with Gasteiger partial charge in [0.1, 0.15) is 5.60 Å². The highest BCUT2D eigenvalue weighted by Crippen LogP contribution is 2.26. The lowest BCUT2D eigenvalue weighted by Gasteiger charge is -2.24. The minimum Gasteiger partial charge on any atom is -0.466 e. The molecule has 0 fully saturated rings. The largest absolute Gasteiger partial charge is 0.466 e. The van der Waals surface area contributed by atoms with Gasteiger partial charge in [0.05, 0.1) is 7.11 Å². The van der Waals surface area contributed by atoms with Gasteiger partial charge in [0, 0.05) is 19.2 Å². The molecule has 2 rings (SSSR count). The number of methoxy groups -OCH3 is 1. The Morgan fingerprint density at radius 2 is 1.86 bits per heavy atom. The number of amides is 1. The fourth-order valence-corrected chi connectivity index (χ4v) is 2.21. The predicted octanol–water partition coefficient (Wildman–Crippen LogP) is 3.12. The summed E-state index contributed by atoms with van der Waals surface area (Å²) in [6.07, 6.45) is 2.76. The Morgan fingerprint density at radius 1 is 1.18 bits per heavy atom. The van der Waals surface area contributed by atoms with Crippen molar-refractivity contribution >= 4 is 18.1 Å². The summed E-state index contributed by atoms with van der Waals surface area (Å²) in [5, 5.41) is 0. The number of esters is 1. The van der Waals surface area contributed by atoms with Crippen molar-refractivity contribution in [1.29, 1.82) is 0 Å². The fourth-order valence-electron chi connectivity index (χ4n) is 2.21. The predicted molar refractivity (Wildman–Crippen MR) is 83.0 cm³/mol. The van der Waals surface area contributed by atoms with E-state index < -0.39 is 11.6 Å². The van der Waals surface area contributed by atoms with E-state index in [0.717, 1.165) is 16.7 Å². The molecule has 0 saturated carbocycles. The van der Waals surface area contributed by atoms with E-state index in [-0.39, 0.29) is 6.09 Å². The van der Waals surface area contributed by atoms with E-state index in [2.05, 4.69) is 4.74 Å². The van der Waals surface area contributed by atoms with Crippen LogP contribution in [0, 0.1) is 0 Å². The summed E-state index contributed by atoms with van der Waals surface area (Å²) in [5.74, 6) is -0.393. The van der Waals surface area contributed by atoms with Gasteiger partial charge in [-0.15, -0.1) is 0 Å². The molecule has 0 spiro atoms. The van der Waals surface area contributed by atoms with Crippen LogP contribution in [-0.2, 0) is 27.4 Å². The van der Waals surface area contributed by atoms with Crippen molar-refractivity contribution in [2.45, 2.75) is 39.5 Å². The van der Waals surface area contributed by atoms with Crippen LogP contribution >= 0.6 is 0 Å². The monoisotopic (exact) mass is 303 g/mol. The first-order valence-electron chi connectivity index (χ1n) is 7.14. The Morgan fingerprint density at radius 3 is 2.50 bits per heavy atom. The molecule has 0 bridgehead atoms. The maximum absolute atomic E-state index is 12.1. The summed E-state index contributed by atoms with van der Waals surface area (Å²) in [4.78, 5) is 24.9. The van der Waals surface area contributed by atoms with Crippen LogP contribution in [-0.4, -0.2) is 29.7 Å². The fraction of sp³-hybridized carbons (Fsp3) is 0.412. The SMILES string of the molecule is COC(=O)C=Cc1ccc2c(c1)CN(C(=O)OC(C)(C)C)C2. The summed E-state index contributed by atoms with van der Waals surface area (Å²) in [6.45, 7) is 6.62. The second-order valence-electron chi connectivity index (χ2n) is 6.22. The first kappa shape index (κ1) is 16.1. The van der Waals surface area contributed by atoms with E-state index in [1.54, 1.807) is 11.0 Å². The van der Waals surface area contributed by atoms with Gasteiger partial charge in [-0.1, -0.05) is 12.1 Å². The first-order chi connectivity index (χ1) is 10.3. The maximum Gasteiger partial charge on any atom is 0.410 e. The average molecular weight is 303 g/mol. The van der Waals surface area contributed by atoms with Gasteiger partial charge in [-0.25, -0.2) is 9.59 Å². The molecular formula is C17H21NO4. The number of benzene rings is 1. The van der Waals surface area contributed by atoms with Crippen molar-refractivity contribution < 1.29 is 19.1 Å². The normalized spacial score (nSPS) is 14.1. The topological polar surface area (TPSA) is 55.8 Å². The zero-order valence-electron chi connectivity index (χ0n) is 13.4. The lowest BCUT2D eigenvalue weighted by Crippen LogP contribution is -2.33. The second-order valence-corrected chi connectivity index (χ2v) is 6.22. The van der Waals surface area contributed by atoms with Gasteiger partial charge in [0.2, 0.25) is 0 Å². The third-order valence-corrected chi connectivity index (χ3v) is 3.22. The number of carbonyl (C=O) groups excluding carboxylic acids is 2. The van der Waals surface area contributed by atoms with Crippen LogP contribution in [0.5, 0.6) is 0 Å². The molecule has 1 aromatic rings. The molecule has 5 nitrogen and oxygen atoms in total. The van der Waals surface area contributed by atoms with Crippen LogP contribution in [0.3, 0.4) is 0 Å². The molecule has 0 radical (unpaired) electrons. The Labute approximate surface area is 130 Å². The standard InChI is InChI=1S/C17H21NO4/c1-17(2,3)22-16(20)18-10-13-7-5-12(9-14(13)11-18)6-8-15(19)21-4/h5-9H,10-11H2,1-4H3. The molecule has 1 aliphatic heterocycles. The van der Waals surface area contributed by atoms with E-state index in [9.17, 15) is 9.59 Å². The van der Waals surface area contributed by atoms with Crippen LogP contribution in [0.25, 0.3) is 6.08 Å². The van der Waals surface area contributed by atoms with Crippen LogP contribution < -0.4 is 0 Å². The molecule has 0 unspecified atom stereocenters. The first-order valence-corrected chi connectivity index (χ1v) is 7.14. The lowest BCUT2D eigenvalue weighted by molar-refractivity contribution is -0.134. The number of hydrogen-bond acceptors (Lipinski definition) is 4. The molecule has 0 aliphatic carbocycles. The molecule has 5 heteroatoms. The summed E-state index contributed by atoms with van der Waals surface area (Å²) in [7, 11) is 1.34. The van der Waals surface area contributed by atoms with E-state index in [1.807, 2.05) is 39.0 Å². The van der Waals surface area contributed by atoms with Gasteiger partial charge in [0.15, 0.2) is 0 Å². The molecule has 22 heavy (non-hydrogen) atoms. The van der Waals surface area contributed by atoms with Gasteiger partial charge in [0.25, 0.3) is 0 Å². The quantitative estimate of drug-likeness (QED) is 0.622. The zero-order valence-corrected chi connectivity index (χ0v) is 13.4. The molecule has 1 aliphatic rings. The van der Waals surface area contributed by atoms with Crippen molar-refractivity contribution in [3.8, 4) is 0 Å². The average Bonchev–Trinajstić information content (AvgIpc) is 2.86. The number of ether oxygens (including phenoxy) is 2. The van der Waals surface area contributed by atoms with E-state index in [4.69, 9.17) is 4.74 Å². The van der Waals surface area contributed by atoms with Crippen LogP contribution in [0.2, 0.25) is 0 Å². The van der Waals surface area contributed by atoms with E-state index in [0.29, 0.717) is 13.1 Å². The lowest BCUT2D eigenvalue weighted by atomic mass is 10.1. The molecule has 0 aromatic heterocycles. The molecule has 1 heterocycles. The van der Waals surface area contributed by atoms with Crippen molar-refractivity contribution in [2.24, 2.45) is 0 Å². The van der Waals surface area contributed by atoms with Gasteiger partial charge in [-0.05, 0) is 49.6 Å². The van der Waals surface area contributed by atoms with Crippen molar-refractivity contribution in [2.75, 3.05) is 7.11 Å². The molecule has 0 atom stereocenters. The number of rotatable bonds is 2. The Balaban J connectivity index is 2.07. The smallest absolute Gasteiger partial charge is 0.410 e. The maximum atomic E-state index is 12.1. The number of fused-ring (bicyclic) bond motifs is 1. The number of nitrogens with zero attached hydrogens (tertiary/aromatic N) is 1. The molecule has 118 valence electrons. The van der Waals surface area contributed by atoms with Gasteiger partial charge >= 0.3 is 12.1 Å².